The van der Waals surface area contributed by atoms with E-state index in [0.29, 0.717) is 12.6 Å². The Morgan fingerprint density at radius 2 is 1.94 bits per heavy atom. The number of aromatic nitrogens is 1. The summed E-state index contributed by atoms with van der Waals surface area (Å²) in [5.74, 6) is 1.07. The average molecular weight is 234 g/mol. The van der Waals surface area contributed by atoms with Crippen LogP contribution in [0.3, 0.4) is 0 Å². The zero-order chi connectivity index (χ0) is 12.3. The molecule has 1 fully saturated rings. The molecule has 2 N–H and O–H groups in total. The summed E-state index contributed by atoms with van der Waals surface area (Å²) in [6.07, 6.45) is 0. The molecule has 0 atom stereocenters. The predicted molar refractivity (Wildman–Crippen MR) is 71.1 cm³/mol. The minimum absolute atomic E-state index is 0.514. The zero-order valence-corrected chi connectivity index (χ0v) is 10.8. The third-order valence-electron chi connectivity index (χ3n) is 3.37. The first kappa shape index (κ1) is 12.3. The molecule has 0 amide bonds. The Morgan fingerprint density at radius 1 is 1.24 bits per heavy atom. The van der Waals surface area contributed by atoms with Crippen LogP contribution in [0.25, 0.3) is 0 Å². The molecule has 0 bridgehead atoms. The van der Waals surface area contributed by atoms with E-state index in [1.165, 1.54) is 0 Å². The maximum atomic E-state index is 5.62. The van der Waals surface area contributed by atoms with Crippen molar-refractivity contribution < 1.29 is 0 Å². The molecule has 1 aliphatic rings. The third-order valence-corrected chi connectivity index (χ3v) is 3.37. The summed E-state index contributed by atoms with van der Waals surface area (Å²) >= 11 is 0. The van der Waals surface area contributed by atoms with Crippen molar-refractivity contribution in [3.05, 3.63) is 23.9 Å². The zero-order valence-electron chi connectivity index (χ0n) is 10.8. The van der Waals surface area contributed by atoms with Gasteiger partial charge in [-0.1, -0.05) is 6.07 Å². The molecular weight excluding hydrogens is 212 g/mol. The fraction of sp³-hybridized carbons (Fsp3) is 0.615. The number of rotatable bonds is 3. The Labute approximate surface area is 103 Å². The van der Waals surface area contributed by atoms with Crippen LogP contribution in [-0.4, -0.2) is 42.1 Å². The monoisotopic (exact) mass is 234 g/mol. The lowest BCUT2D eigenvalue weighted by Gasteiger charge is -2.37. The summed E-state index contributed by atoms with van der Waals surface area (Å²) in [6, 6.07) is 6.73. The number of nitrogens with two attached hydrogens (primary N) is 1. The highest BCUT2D eigenvalue weighted by Gasteiger charge is 2.19. The molecule has 0 unspecified atom stereocenters. The Kier molecular flexibility index (Phi) is 3.97. The summed E-state index contributed by atoms with van der Waals surface area (Å²) in [4.78, 5) is 9.42. The molecule has 0 saturated carbocycles. The fourth-order valence-corrected chi connectivity index (χ4v) is 2.22. The molecule has 0 aliphatic carbocycles. The van der Waals surface area contributed by atoms with Gasteiger partial charge in [-0.2, -0.15) is 0 Å². The first-order valence-corrected chi connectivity index (χ1v) is 6.35. The number of anilines is 1. The SMILES string of the molecule is CC(C)N1CCN(c2cccc(CN)n2)CC1. The van der Waals surface area contributed by atoms with E-state index in [4.69, 9.17) is 5.73 Å². The molecule has 0 spiro atoms. The van der Waals surface area contributed by atoms with Gasteiger partial charge in [0.1, 0.15) is 5.82 Å². The second kappa shape index (κ2) is 5.47. The van der Waals surface area contributed by atoms with Gasteiger partial charge in [-0.15, -0.1) is 0 Å². The predicted octanol–water partition coefficient (Wildman–Crippen LogP) is 1.07. The highest BCUT2D eigenvalue weighted by Crippen LogP contribution is 2.15. The standard InChI is InChI=1S/C13H22N4/c1-11(2)16-6-8-17(9-7-16)13-5-3-4-12(10-14)15-13/h3-5,11H,6-10,14H2,1-2H3. The van der Waals surface area contributed by atoms with E-state index in [9.17, 15) is 0 Å². The molecule has 0 aromatic carbocycles. The number of hydrogen-bond donors (Lipinski definition) is 1. The largest absolute Gasteiger partial charge is 0.354 e. The summed E-state index contributed by atoms with van der Waals surface area (Å²) in [6.45, 7) is 9.36. The van der Waals surface area contributed by atoms with Crippen LogP contribution in [0.4, 0.5) is 5.82 Å². The lowest BCUT2D eigenvalue weighted by molar-refractivity contribution is 0.209. The molecule has 0 radical (unpaired) electrons. The second-order valence-electron chi connectivity index (χ2n) is 4.81. The van der Waals surface area contributed by atoms with Crippen LogP contribution in [0.15, 0.2) is 18.2 Å². The van der Waals surface area contributed by atoms with Gasteiger partial charge in [0.15, 0.2) is 0 Å². The van der Waals surface area contributed by atoms with Crippen molar-refractivity contribution >= 4 is 5.82 Å². The number of hydrogen-bond acceptors (Lipinski definition) is 4. The first-order chi connectivity index (χ1) is 8.20. The van der Waals surface area contributed by atoms with Gasteiger partial charge in [0.2, 0.25) is 0 Å². The maximum Gasteiger partial charge on any atom is 0.128 e. The van der Waals surface area contributed by atoms with Gasteiger partial charge < -0.3 is 10.6 Å². The molecule has 2 heterocycles. The highest BCUT2D eigenvalue weighted by atomic mass is 15.3. The molecule has 1 saturated heterocycles. The van der Waals surface area contributed by atoms with Crippen molar-refractivity contribution in [2.45, 2.75) is 26.4 Å². The normalized spacial score (nSPS) is 17.8. The van der Waals surface area contributed by atoms with E-state index in [2.05, 4.69) is 34.7 Å². The van der Waals surface area contributed by atoms with Crippen LogP contribution in [-0.2, 0) is 6.54 Å². The quantitative estimate of drug-likeness (QED) is 0.850. The second-order valence-corrected chi connectivity index (χ2v) is 4.81. The van der Waals surface area contributed by atoms with Crippen LogP contribution in [0.5, 0.6) is 0 Å². The van der Waals surface area contributed by atoms with Gasteiger partial charge in [-0.05, 0) is 26.0 Å². The molecule has 1 aliphatic heterocycles. The maximum absolute atomic E-state index is 5.62. The minimum Gasteiger partial charge on any atom is -0.354 e. The Bertz CT molecular complexity index is 356. The van der Waals surface area contributed by atoms with E-state index < -0.39 is 0 Å². The molecule has 94 valence electrons. The molecule has 2 rings (SSSR count). The van der Waals surface area contributed by atoms with Crippen molar-refractivity contribution in [1.82, 2.24) is 9.88 Å². The number of pyridine rings is 1. The Morgan fingerprint density at radius 3 is 2.53 bits per heavy atom. The number of piperazine rings is 1. The molecule has 4 heteroatoms. The molecule has 1 aromatic heterocycles. The van der Waals surface area contributed by atoms with Crippen LogP contribution in [0, 0.1) is 0 Å². The van der Waals surface area contributed by atoms with Gasteiger partial charge >= 0.3 is 0 Å². The highest BCUT2D eigenvalue weighted by molar-refractivity contribution is 5.39. The minimum atomic E-state index is 0.514. The van der Waals surface area contributed by atoms with E-state index >= 15 is 0 Å². The molecular formula is C13H22N4. The number of nitrogens with zero attached hydrogens (tertiary/aromatic N) is 3. The lowest BCUT2D eigenvalue weighted by Crippen LogP contribution is -2.49. The summed E-state index contributed by atoms with van der Waals surface area (Å²) in [7, 11) is 0. The van der Waals surface area contributed by atoms with Gasteiger partial charge in [-0.3, -0.25) is 4.90 Å². The van der Waals surface area contributed by atoms with Gasteiger partial charge in [0, 0.05) is 38.8 Å². The lowest BCUT2D eigenvalue weighted by atomic mass is 10.2. The van der Waals surface area contributed by atoms with Gasteiger partial charge in [0.05, 0.1) is 5.69 Å². The van der Waals surface area contributed by atoms with Crippen LogP contribution >= 0.6 is 0 Å². The summed E-state index contributed by atoms with van der Waals surface area (Å²) < 4.78 is 0. The van der Waals surface area contributed by atoms with Crippen molar-refractivity contribution in [2.24, 2.45) is 5.73 Å². The van der Waals surface area contributed by atoms with E-state index in [-0.39, 0.29) is 0 Å². The Balaban J connectivity index is 2.00. The Hall–Kier alpha value is -1.13. The molecule has 4 nitrogen and oxygen atoms in total. The van der Waals surface area contributed by atoms with Gasteiger partial charge in [0.25, 0.3) is 0 Å². The van der Waals surface area contributed by atoms with E-state index in [1.807, 2.05) is 12.1 Å². The van der Waals surface area contributed by atoms with E-state index in [0.717, 1.165) is 37.7 Å². The van der Waals surface area contributed by atoms with Crippen molar-refractivity contribution in [3.63, 3.8) is 0 Å². The van der Waals surface area contributed by atoms with Crippen LogP contribution in [0.1, 0.15) is 19.5 Å². The van der Waals surface area contributed by atoms with Crippen molar-refractivity contribution in [1.29, 1.82) is 0 Å². The van der Waals surface area contributed by atoms with E-state index in [1.54, 1.807) is 0 Å². The van der Waals surface area contributed by atoms with Crippen molar-refractivity contribution in [2.75, 3.05) is 31.1 Å². The van der Waals surface area contributed by atoms with Crippen LogP contribution < -0.4 is 10.6 Å². The van der Waals surface area contributed by atoms with Crippen LogP contribution in [0.2, 0.25) is 0 Å². The molecule has 17 heavy (non-hydrogen) atoms. The summed E-state index contributed by atoms with van der Waals surface area (Å²) in [5, 5.41) is 0. The fourth-order valence-electron chi connectivity index (χ4n) is 2.22. The van der Waals surface area contributed by atoms with Gasteiger partial charge in [-0.25, -0.2) is 4.98 Å². The average Bonchev–Trinajstić information content (AvgIpc) is 2.39. The third kappa shape index (κ3) is 2.96. The van der Waals surface area contributed by atoms with Crippen molar-refractivity contribution in [3.8, 4) is 0 Å². The molecule has 1 aromatic rings. The summed E-state index contributed by atoms with van der Waals surface area (Å²) in [5.41, 5.74) is 6.59. The topological polar surface area (TPSA) is 45.4 Å². The first-order valence-electron chi connectivity index (χ1n) is 6.35. The smallest absolute Gasteiger partial charge is 0.128 e.